The Bertz CT molecular complexity index is 577. The van der Waals surface area contributed by atoms with E-state index in [9.17, 15) is 4.79 Å². The zero-order valence-electron chi connectivity index (χ0n) is 9.97. The number of aromatic nitrogens is 1. The first-order valence-corrected chi connectivity index (χ1v) is 5.14. The van der Waals surface area contributed by atoms with Crippen LogP contribution in [0.25, 0.3) is 11.3 Å². The van der Waals surface area contributed by atoms with E-state index in [4.69, 9.17) is 19.7 Å². The molecule has 1 amide bonds. The molecule has 0 atom stereocenters. The van der Waals surface area contributed by atoms with Crippen molar-refractivity contribution in [3.05, 3.63) is 30.0 Å². The lowest BCUT2D eigenvalue weighted by Gasteiger charge is -2.08. The normalized spacial score (nSPS) is 10.1. The standard InChI is InChI=1S/C12H12N2O4/c1-16-7-3-4-10(17-2)8(5-7)11-9(12(13)15)6-18-14-11/h3-6H,1-2H3,(H2,13,15). The van der Waals surface area contributed by atoms with Crippen LogP contribution in [0.1, 0.15) is 10.4 Å². The van der Waals surface area contributed by atoms with E-state index in [2.05, 4.69) is 5.16 Å². The molecule has 0 fully saturated rings. The predicted molar refractivity (Wildman–Crippen MR) is 63.6 cm³/mol. The Kier molecular flexibility index (Phi) is 3.18. The fraction of sp³-hybridized carbons (Fsp3) is 0.167. The molecule has 6 heteroatoms. The second-order valence-electron chi connectivity index (χ2n) is 3.51. The lowest BCUT2D eigenvalue weighted by atomic mass is 10.1. The molecule has 0 saturated carbocycles. The van der Waals surface area contributed by atoms with Gasteiger partial charge in [-0.1, -0.05) is 5.16 Å². The van der Waals surface area contributed by atoms with Gasteiger partial charge in [0, 0.05) is 0 Å². The fourth-order valence-corrected chi connectivity index (χ4v) is 1.60. The third kappa shape index (κ3) is 2.00. The summed E-state index contributed by atoms with van der Waals surface area (Å²) in [5, 5.41) is 3.78. The zero-order chi connectivity index (χ0) is 13.1. The summed E-state index contributed by atoms with van der Waals surface area (Å²) in [6.07, 6.45) is 1.20. The Morgan fingerprint density at radius 1 is 1.33 bits per heavy atom. The van der Waals surface area contributed by atoms with Gasteiger partial charge in [-0.15, -0.1) is 0 Å². The number of benzene rings is 1. The number of carbonyl (C=O) groups excluding carboxylic acids is 1. The van der Waals surface area contributed by atoms with Crippen molar-refractivity contribution in [2.75, 3.05) is 14.2 Å². The van der Waals surface area contributed by atoms with E-state index < -0.39 is 5.91 Å². The fourth-order valence-electron chi connectivity index (χ4n) is 1.60. The van der Waals surface area contributed by atoms with Crippen LogP contribution in [0.3, 0.4) is 0 Å². The summed E-state index contributed by atoms with van der Waals surface area (Å²) in [4.78, 5) is 11.3. The molecule has 94 valence electrons. The summed E-state index contributed by atoms with van der Waals surface area (Å²) < 4.78 is 15.1. The molecule has 1 aromatic heterocycles. The molecule has 0 unspecified atom stereocenters. The van der Waals surface area contributed by atoms with Crippen LogP contribution in [-0.2, 0) is 0 Å². The topological polar surface area (TPSA) is 87.6 Å². The van der Waals surface area contributed by atoms with Crippen molar-refractivity contribution in [2.45, 2.75) is 0 Å². The molecule has 2 aromatic rings. The molecule has 0 saturated heterocycles. The Hall–Kier alpha value is -2.50. The molecule has 1 aromatic carbocycles. The minimum Gasteiger partial charge on any atom is -0.497 e. The van der Waals surface area contributed by atoms with Crippen LogP contribution in [0.4, 0.5) is 0 Å². The van der Waals surface area contributed by atoms with Crippen molar-refractivity contribution >= 4 is 5.91 Å². The number of hydrogen-bond donors (Lipinski definition) is 1. The Balaban J connectivity index is 2.61. The van der Waals surface area contributed by atoms with Gasteiger partial charge in [0.05, 0.1) is 19.8 Å². The number of rotatable bonds is 4. The van der Waals surface area contributed by atoms with E-state index >= 15 is 0 Å². The third-order valence-electron chi connectivity index (χ3n) is 2.50. The Morgan fingerprint density at radius 2 is 2.11 bits per heavy atom. The summed E-state index contributed by atoms with van der Waals surface area (Å²) >= 11 is 0. The van der Waals surface area contributed by atoms with Crippen molar-refractivity contribution in [3.63, 3.8) is 0 Å². The lowest BCUT2D eigenvalue weighted by molar-refractivity contribution is 0.1000. The number of methoxy groups -OCH3 is 2. The van der Waals surface area contributed by atoms with Crippen LogP contribution >= 0.6 is 0 Å². The average Bonchev–Trinajstić information content (AvgIpc) is 2.87. The molecule has 0 aliphatic carbocycles. The van der Waals surface area contributed by atoms with Gasteiger partial charge in [-0.2, -0.15) is 0 Å². The van der Waals surface area contributed by atoms with E-state index in [0.717, 1.165) is 0 Å². The highest BCUT2D eigenvalue weighted by Gasteiger charge is 2.19. The first-order chi connectivity index (χ1) is 8.67. The second-order valence-corrected chi connectivity index (χ2v) is 3.51. The van der Waals surface area contributed by atoms with Gasteiger partial charge in [-0.25, -0.2) is 0 Å². The van der Waals surface area contributed by atoms with Crippen LogP contribution < -0.4 is 15.2 Å². The Morgan fingerprint density at radius 3 is 2.72 bits per heavy atom. The van der Waals surface area contributed by atoms with Crippen LogP contribution in [0, 0.1) is 0 Å². The molecule has 18 heavy (non-hydrogen) atoms. The van der Waals surface area contributed by atoms with Gasteiger partial charge < -0.3 is 19.7 Å². The molecule has 0 radical (unpaired) electrons. The van der Waals surface area contributed by atoms with Crippen molar-refractivity contribution in [2.24, 2.45) is 5.73 Å². The molecule has 2 N–H and O–H groups in total. The number of primary amides is 1. The minimum atomic E-state index is -0.615. The maximum Gasteiger partial charge on any atom is 0.254 e. The smallest absolute Gasteiger partial charge is 0.254 e. The number of nitrogens with zero attached hydrogens (tertiary/aromatic N) is 1. The highest BCUT2D eigenvalue weighted by molar-refractivity contribution is 5.99. The van der Waals surface area contributed by atoms with Crippen molar-refractivity contribution < 1.29 is 18.8 Å². The number of nitrogens with two attached hydrogens (primary N) is 1. The van der Waals surface area contributed by atoms with Crippen LogP contribution in [0.15, 0.2) is 29.0 Å². The summed E-state index contributed by atoms with van der Waals surface area (Å²) in [6.45, 7) is 0. The number of ether oxygens (including phenoxy) is 2. The van der Waals surface area contributed by atoms with Crippen molar-refractivity contribution in [3.8, 4) is 22.8 Å². The zero-order valence-corrected chi connectivity index (χ0v) is 9.97. The monoisotopic (exact) mass is 248 g/mol. The third-order valence-corrected chi connectivity index (χ3v) is 2.50. The maximum absolute atomic E-state index is 11.3. The first kappa shape index (κ1) is 12.0. The molecular weight excluding hydrogens is 236 g/mol. The van der Waals surface area contributed by atoms with E-state index in [1.165, 1.54) is 13.4 Å². The van der Waals surface area contributed by atoms with E-state index in [1.807, 2.05) is 0 Å². The molecule has 2 rings (SSSR count). The largest absolute Gasteiger partial charge is 0.497 e. The summed E-state index contributed by atoms with van der Waals surface area (Å²) in [5.41, 5.74) is 6.36. The van der Waals surface area contributed by atoms with Gasteiger partial charge in [-0.3, -0.25) is 4.79 Å². The second kappa shape index (κ2) is 4.79. The maximum atomic E-state index is 11.3. The molecule has 0 aliphatic rings. The quantitative estimate of drug-likeness (QED) is 0.884. The first-order valence-electron chi connectivity index (χ1n) is 5.14. The van der Waals surface area contributed by atoms with Gasteiger partial charge in [0.15, 0.2) is 0 Å². The van der Waals surface area contributed by atoms with Gasteiger partial charge in [0.1, 0.15) is 29.0 Å². The number of carbonyl (C=O) groups is 1. The van der Waals surface area contributed by atoms with E-state index in [1.54, 1.807) is 25.3 Å². The highest BCUT2D eigenvalue weighted by atomic mass is 16.5. The highest BCUT2D eigenvalue weighted by Crippen LogP contribution is 2.34. The number of amides is 1. The minimum absolute atomic E-state index is 0.196. The van der Waals surface area contributed by atoms with Crippen LogP contribution in [-0.4, -0.2) is 25.3 Å². The molecule has 6 nitrogen and oxygen atoms in total. The number of hydrogen-bond acceptors (Lipinski definition) is 5. The average molecular weight is 248 g/mol. The SMILES string of the molecule is COc1ccc(OC)c(-c2nocc2C(N)=O)c1. The summed E-state index contributed by atoms with van der Waals surface area (Å²) in [7, 11) is 3.07. The predicted octanol–water partition coefficient (Wildman–Crippen LogP) is 1.46. The Labute approximate surface area is 103 Å². The van der Waals surface area contributed by atoms with Gasteiger partial charge in [0.2, 0.25) is 0 Å². The van der Waals surface area contributed by atoms with Gasteiger partial charge >= 0.3 is 0 Å². The van der Waals surface area contributed by atoms with Crippen molar-refractivity contribution in [1.82, 2.24) is 5.16 Å². The molecule has 0 bridgehead atoms. The van der Waals surface area contributed by atoms with Crippen molar-refractivity contribution in [1.29, 1.82) is 0 Å². The molecule has 1 heterocycles. The van der Waals surface area contributed by atoms with Gasteiger partial charge in [-0.05, 0) is 18.2 Å². The summed E-state index contributed by atoms with van der Waals surface area (Å²) in [6, 6.07) is 5.16. The molecule has 0 spiro atoms. The molecular formula is C12H12N2O4. The summed E-state index contributed by atoms with van der Waals surface area (Å²) in [5.74, 6) is 0.549. The van der Waals surface area contributed by atoms with E-state index in [-0.39, 0.29) is 5.56 Å². The van der Waals surface area contributed by atoms with Gasteiger partial charge in [0.25, 0.3) is 5.91 Å². The van der Waals surface area contributed by atoms with Crippen LogP contribution in [0.5, 0.6) is 11.5 Å². The van der Waals surface area contributed by atoms with Crippen LogP contribution in [0.2, 0.25) is 0 Å². The molecule has 0 aliphatic heterocycles. The van der Waals surface area contributed by atoms with E-state index in [0.29, 0.717) is 22.8 Å². The lowest BCUT2D eigenvalue weighted by Crippen LogP contribution is -2.11.